The molecule has 0 radical (unpaired) electrons. The first-order chi connectivity index (χ1) is 18.3. The van der Waals surface area contributed by atoms with Crippen LogP contribution in [0.3, 0.4) is 0 Å². The fourth-order valence-electron chi connectivity index (χ4n) is 4.96. The molecule has 2 aromatic heterocycles. The van der Waals surface area contributed by atoms with Gasteiger partial charge in [-0.15, -0.1) is 0 Å². The summed E-state index contributed by atoms with van der Waals surface area (Å²) in [5.41, 5.74) is 3.02. The van der Waals surface area contributed by atoms with E-state index in [-0.39, 0.29) is 23.8 Å². The van der Waals surface area contributed by atoms with Crippen LogP contribution in [0.5, 0.6) is 5.88 Å². The van der Waals surface area contributed by atoms with E-state index in [9.17, 15) is 4.79 Å². The summed E-state index contributed by atoms with van der Waals surface area (Å²) in [5.74, 6) is 1.22. The molecule has 3 atom stereocenters. The predicted octanol–water partition coefficient (Wildman–Crippen LogP) is 6.08. The van der Waals surface area contributed by atoms with Crippen LogP contribution in [-0.4, -0.2) is 44.5 Å². The summed E-state index contributed by atoms with van der Waals surface area (Å²) in [6.07, 6.45) is 4.86. The van der Waals surface area contributed by atoms with Crippen molar-refractivity contribution in [2.75, 3.05) is 13.1 Å². The molecule has 0 saturated carbocycles. The Morgan fingerprint density at radius 2 is 1.87 bits per heavy atom. The summed E-state index contributed by atoms with van der Waals surface area (Å²) in [5, 5.41) is 10.00. The van der Waals surface area contributed by atoms with E-state index >= 15 is 0 Å². The van der Waals surface area contributed by atoms with Crippen LogP contribution in [0.4, 0.5) is 0 Å². The van der Waals surface area contributed by atoms with E-state index in [1.54, 1.807) is 24.4 Å². The molecule has 5 rings (SSSR count). The molecule has 3 heterocycles. The van der Waals surface area contributed by atoms with Crippen LogP contribution in [0.25, 0.3) is 5.69 Å². The molecule has 4 aromatic rings. The molecule has 38 heavy (non-hydrogen) atoms. The molecule has 0 spiro atoms. The molecule has 0 bridgehead atoms. The number of halogens is 2. The van der Waals surface area contributed by atoms with Crippen LogP contribution in [0.2, 0.25) is 10.0 Å². The van der Waals surface area contributed by atoms with Gasteiger partial charge in [-0.05, 0) is 61.9 Å². The Kier molecular flexibility index (Phi) is 7.37. The summed E-state index contributed by atoms with van der Waals surface area (Å²) >= 11 is 12.5. The van der Waals surface area contributed by atoms with Crippen molar-refractivity contribution in [1.82, 2.24) is 19.4 Å². The fraction of sp³-hybridized carbons (Fsp3) is 0.241. The maximum absolute atomic E-state index is 13.6. The Hall–Kier alpha value is -3.86. The molecule has 2 aromatic carbocycles. The average Bonchev–Trinajstić information content (AvgIpc) is 3.57. The number of amides is 1. The van der Waals surface area contributed by atoms with Gasteiger partial charge in [-0.3, -0.25) is 4.79 Å². The smallest absolute Gasteiger partial charge is 0.253 e. The summed E-state index contributed by atoms with van der Waals surface area (Å²) in [6, 6.07) is 18.6. The van der Waals surface area contributed by atoms with Gasteiger partial charge in [0.15, 0.2) is 0 Å². The normalized spacial score (nSPS) is 17.7. The number of nitrogens with zero attached hydrogens (tertiary/aromatic N) is 5. The number of rotatable bonds is 6. The van der Waals surface area contributed by atoms with Crippen LogP contribution in [-0.2, 0) is 0 Å². The highest BCUT2D eigenvalue weighted by Crippen LogP contribution is 2.38. The highest BCUT2D eigenvalue weighted by atomic mass is 35.5. The quantitative estimate of drug-likeness (QED) is 0.293. The van der Waals surface area contributed by atoms with Crippen LogP contribution in [0, 0.1) is 24.2 Å². The lowest BCUT2D eigenvalue weighted by molar-refractivity contribution is 0.0769. The molecular formula is C29H25Cl2N5O2. The second-order valence-electron chi connectivity index (χ2n) is 9.37. The van der Waals surface area contributed by atoms with Crippen molar-refractivity contribution >= 4 is 29.1 Å². The van der Waals surface area contributed by atoms with E-state index in [0.29, 0.717) is 40.1 Å². The highest BCUT2D eigenvalue weighted by molar-refractivity contribution is 6.42. The Balaban J connectivity index is 1.39. The van der Waals surface area contributed by atoms with Gasteiger partial charge in [-0.1, -0.05) is 29.3 Å². The lowest BCUT2D eigenvalue weighted by Crippen LogP contribution is -2.32. The number of aryl methyl sites for hydroxylation is 1. The zero-order chi connectivity index (χ0) is 26.8. The summed E-state index contributed by atoms with van der Waals surface area (Å²) < 4.78 is 8.15. The van der Waals surface area contributed by atoms with Crippen molar-refractivity contribution in [2.24, 2.45) is 5.92 Å². The van der Waals surface area contributed by atoms with E-state index in [1.807, 2.05) is 65.9 Å². The second kappa shape index (κ2) is 10.9. The van der Waals surface area contributed by atoms with Crippen molar-refractivity contribution in [3.05, 3.63) is 106 Å². The van der Waals surface area contributed by atoms with Crippen molar-refractivity contribution in [2.45, 2.75) is 25.9 Å². The van der Waals surface area contributed by atoms with Gasteiger partial charge in [0.25, 0.3) is 5.91 Å². The van der Waals surface area contributed by atoms with Gasteiger partial charge < -0.3 is 14.2 Å². The van der Waals surface area contributed by atoms with Gasteiger partial charge in [0.05, 0.1) is 15.6 Å². The fourth-order valence-corrected chi connectivity index (χ4v) is 5.26. The Morgan fingerprint density at radius 1 is 1.08 bits per heavy atom. The third kappa shape index (κ3) is 5.24. The lowest BCUT2D eigenvalue weighted by Gasteiger charge is -2.25. The monoisotopic (exact) mass is 545 g/mol. The van der Waals surface area contributed by atoms with Crippen LogP contribution >= 0.6 is 23.2 Å². The highest BCUT2D eigenvalue weighted by Gasteiger charge is 2.40. The van der Waals surface area contributed by atoms with Gasteiger partial charge in [-0.2, -0.15) is 5.26 Å². The first-order valence-corrected chi connectivity index (χ1v) is 13.0. The first-order valence-electron chi connectivity index (χ1n) is 12.2. The number of likely N-dealkylation sites (tertiary alicyclic amines) is 1. The number of nitriles is 1. The predicted molar refractivity (Wildman–Crippen MR) is 146 cm³/mol. The Morgan fingerprint density at radius 3 is 2.50 bits per heavy atom. The van der Waals surface area contributed by atoms with Gasteiger partial charge in [0, 0.05) is 60.8 Å². The summed E-state index contributed by atoms with van der Waals surface area (Å²) in [6.45, 7) is 4.93. The number of hydrogen-bond acceptors (Lipinski definition) is 5. The number of aromatic nitrogens is 3. The number of benzene rings is 2. The zero-order valence-corrected chi connectivity index (χ0v) is 22.4. The number of imidazole rings is 1. The maximum Gasteiger partial charge on any atom is 0.253 e. The van der Waals surface area contributed by atoms with Crippen molar-refractivity contribution in [3.63, 3.8) is 0 Å². The average molecular weight is 546 g/mol. The van der Waals surface area contributed by atoms with Crippen LogP contribution in [0.1, 0.15) is 40.2 Å². The van der Waals surface area contributed by atoms with Crippen molar-refractivity contribution in [3.8, 4) is 17.6 Å². The van der Waals surface area contributed by atoms with Crippen LogP contribution in [0.15, 0.2) is 73.2 Å². The van der Waals surface area contributed by atoms with E-state index < -0.39 is 0 Å². The van der Waals surface area contributed by atoms with Gasteiger partial charge in [0.2, 0.25) is 5.88 Å². The number of ether oxygens (including phenoxy) is 1. The minimum atomic E-state index is -0.265. The van der Waals surface area contributed by atoms with Gasteiger partial charge in [0.1, 0.15) is 18.0 Å². The third-order valence-corrected chi connectivity index (χ3v) is 7.76. The third-order valence-electron chi connectivity index (χ3n) is 7.02. The lowest BCUT2D eigenvalue weighted by atomic mass is 9.86. The molecule has 9 heteroatoms. The second-order valence-corrected chi connectivity index (χ2v) is 10.2. The standard InChI is InChI=1S/C29H25Cl2N5O2/c1-18(38-28-10-3-20(14-32)15-34-28)24-16-35(17-25(24)22-6-9-26(30)27(31)13-22)29(37)21-4-7-23(8-5-21)36-12-11-33-19(36)2/h3-13,15,18,24-25H,16-17H2,1-2H3. The van der Waals surface area contributed by atoms with Gasteiger partial charge in [-0.25, -0.2) is 9.97 Å². The minimum Gasteiger partial charge on any atom is -0.474 e. The first kappa shape index (κ1) is 25.8. The van der Waals surface area contributed by atoms with E-state index in [0.717, 1.165) is 17.1 Å². The van der Waals surface area contributed by atoms with E-state index in [1.165, 1.54) is 6.20 Å². The van der Waals surface area contributed by atoms with Crippen LogP contribution < -0.4 is 4.74 Å². The largest absolute Gasteiger partial charge is 0.474 e. The van der Waals surface area contributed by atoms with Crippen molar-refractivity contribution < 1.29 is 9.53 Å². The molecular weight excluding hydrogens is 521 g/mol. The molecule has 1 fully saturated rings. The molecule has 0 aliphatic carbocycles. The molecule has 1 aliphatic rings. The Bertz CT molecular complexity index is 1490. The van der Waals surface area contributed by atoms with E-state index in [4.69, 9.17) is 33.2 Å². The number of carbonyl (C=O) groups is 1. The Labute approximate surface area is 231 Å². The molecule has 0 N–H and O–H groups in total. The number of carbonyl (C=O) groups excluding carboxylic acids is 1. The minimum absolute atomic E-state index is 0.0185. The van der Waals surface area contributed by atoms with Crippen molar-refractivity contribution in [1.29, 1.82) is 5.26 Å². The summed E-state index contributed by atoms with van der Waals surface area (Å²) in [4.78, 5) is 24.0. The van der Waals surface area contributed by atoms with E-state index in [2.05, 4.69) is 16.0 Å². The molecule has 1 amide bonds. The zero-order valence-electron chi connectivity index (χ0n) is 20.9. The SMILES string of the molecule is Cc1nccn1-c1ccc(C(=O)N2CC(c3ccc(Cl)c(Cl)c3)C(C(C)Oc3ccc(C#N)cn3)C2)cc1. The molecule has 7 nitrogen and oxygen atoms in total. The van der Waals surface area contributed by atoms with Gasteiger partial charge >= 0.3 is 0 Å². The number of pyridine rings is 1. The maximum atomic E-state index is 13.6. The molecule has 3 unspecified atom stereocenters. The molecule has 192 valence electrons. The topological polar surface area (TPSA) is 84.0 Å². The summed E-state index contributed by atoms with van der Waals surface area (Å²) in [7, 11) is 0. The number of hydrogen-bond donors (Lipinski definition) is 0. The molecule has 1 saturated heterocycles. The molecule has 1 aliphatic heterocycles.